The van der Waals surface area contributed by atoms with Crippen LogP contribution in [0.1, 0.15) is 49.1 Å². The van der Waals surface area contributed by atoms with Gasteiger partial charge in [0, 0.05) is 0 Å². The van der Waals surface area contributed by atoms with Gasteiger partial charge in [0.25, 0.3) is 0 Å². The van der Waals surface area contributed by atoms with Crippen molar-refractivity contribution in [2.24, 2.45) is 0 Å². The van der Waals surface area contributed by atoms with E-state index in [2.05, 4.69) is 78.9 Å². The molecule has 2 aromatic rings. The molecular weight excluding hydrogens is 276 g/mol. The van der Waals surface area contributed by atoms with Crippen molar-refractivity contribution in [3.8, 4) is 0 Å². The van der Waals surface area contributed by atoms with E-state index in [1.807, 2.05) is 0 Å². The Kier molecular flexibility index (Phi) is 5.86. The van der Waals surface area contributed by atoms with Crippen molar-refractivity contribution >= 4 is 0 Å². The maximum Gasteiger partial charge on any atom is -0.0156 e. The van der Waals surface area contributed by atoms with Crippen LogP contribution in [0.5, 0.6) is 0 Å². The Hall–Kier alpha value is -2.08. The Morgan fingerprint density at radius 3 is 2.17 bits per heavy atom. The average Bonchev–Trinajstić information content (AvgIpc) is 2.64. The number of allylic oxidation sites excluding steroid dienone is 4. The summed E-state index contributed by atoms with van der Waals surface area (Å²) in [6.07, 6.45) is 14.3. The van der Waals surface area contributed by atoms with Gasteiger partial charge in [-0.25, -0.2) is 0 Å². The lowest BCUT2D eigenvalue weighted by Gasteiger charge is -2.24. The van der Waals surface area contributed by atoms with E-state index in [1.54, 1.807) is 5.57 Å². The molecule has 0 spiro atoms. The molecule has 118 valence electrons. The fourth-order valence-corrected chi connectivity index (χ4v) is 3.41. The van der Waals surface area contributed by atoms with E-state index in [1.165, 1.54) is 36.8 Å². The Morgan fingerprint density at radius 1 is 0.826 bits per heavy atom. The third kappa shape index (κ3) is 4.96. The van der Waals surface area contributed by atoms with Crippen LogP contribution in [0.4, 0.5) is 0 Å². The molecule has 1 saturated carbocycles. The zero-order chi connectivity index (χ0) is 15.7. The summed E-state index contributed by atoms with van der Waals surface area (Å²) in [5, 5.41) is 0. The Bertz CT molecular complexity index is 624. The molecule has 23 heavy (non-hydrogen) atoms. The summed E-state index contributed by atoms with van der Waals surface area (Å²) in [6, 6.07) is 21.7. The predicted molar refractivity (Wildman–Crippen MR) is 99.6 cm³/mol. The van der Waals surface area contributed by atoms with E-state index >= 15 is 0 Å². The van der Waals surface area contributed by atoms with Crippen LogP contribution in [0.15, 0.2) is 84.5 Å². The second-order valence-corrected chi connectivity index (χ2v) is 6.46. The number of benzene rings is 2. The standard InChI is InChI=1S/C23H26/c1-4-10-20(11-5-1)12-6-2-7-13-21-16-18-23(19-17-21)22-14-8-3-9-15-22/h1-5,7-11,13-15,23H,6,12,16-19H2/b7-2+,21-13?. The van der Waals surface area contributed by atoms with Crippen LogP contribution >= 0.6 is 0 Å². The second-order valence-electron chi connectivity index (χ2n) is 6.46. The van der Waals surface area contributed by atoms with E-state index in [0.29, 0.717) is 0 Å². The molecular formula is C23H26. The summed E-state index contributed by atoms with van der Waals surface area (Å²) < 4.78 is 0. The maximum absolute atomic E-state index is 2.35. The van der Waals surface area contributed by atoms with Crippen molar-refractivity contribution in [1.29, 1.82) is 0 Å². The number of rotatable bonds is 5. The van der Waals surface area contributed by atoms with E-state index in [4.69, 9.17) is 0 Å². The highest BCUT2D eigenvalue weighted by Crippen LogP contribution is 2.35. The van der Waals surface area contributed by atoms with Crippen LogP contribution in [0.25, 0.3) is 0 Å². The molecule has 0 nitrogen and oxygen atoms in total. The van der Waals surface area contributed by atoms with Crippen LogP contribution in [-0.4, -0.2) is 0 Å². The van der Waals surface area contributed by atoms with Gasteiger partial charge in [-0.3, -0.25) is 0 Å². The van der Waals surface area contributed by atoms with Crippen molar-refractivity contribution < 1.29 is 0 Å². The summed E-state index contributed by atoms with van der Waals surface area (Å²) in [4.78, 5) is 0. The van der Waals surface area contributed by atoms with Gasteiger partial charge < -0.3 is 0 Å². The minimum atomic E-state index is 0.760. The zero-order valence-corrected chi connectivity index (χ0v) is 13.8. The van der Waals surface area contributed by atoms with Gasteiger partial charge in [0.2, 0.25) is 0 Å². The molecule has 0 heteroatoms. The lowest BCUT2D eigenvalue weighted by atomic mass is 9.81. The molecule has 0 heterocycles. The van der Waals surface area contributed by atoms with E-state index in [0.717, 1.165) is 18.8 Å². The molecule has 0 radical (unpaired) electrons. The van der Waals surface area contributed by atoms with Gasteiger partial charge in [-0.05, 0) is 55.6 Å². The first-order valence-electron chi connectivity index (χ1n) is 8.85. The molecule has 1 aliphatic carbocycles. The quantitative estimate of drug-likeness (QED) is 0.594. The van der Waals surface area contributed by atoms with Crippen molar-refractivity contribution in [1.82, 2.24) is 0 Å². The van der Waals surface area contributed by atoms with Gasteiger partial charge in [-0.15, -0.1) is 0 Å². The smallest absolute Gasteiger partial charge is 0.0156 e. The first kappa shape index (κ1) is 15.8. The van der Waals surface area contributed by atoms with Crippen LogP contribution < -0.4 is 0 Å². The molecule has 3 rings (SSSR count). The summed E-state index contributed by atoms with van der Waals surface area (Å²) in [5.41, 5.74) is 4.56. The molecule has 0 amide bonds. The highest BCUT2D eigenvalue weighted by atomic mass is 14.2. The number of aryl methyl sites for hydroxylation is 1. The van der Waals surface area contributed by atoms with E-state index in [-0.39, 0.29) is 0 Å². The van der Waals surface area contributed by atoms with E-state index in [9.17, 15) is 0 Å². The van der Waals surface area contributed by atoms with Gasteiger partial charge in [-0.1, -0.05) is 84.5 Å². The van der Waals surface area contributed by atoms with Gasteiger partial charge >= 0.3 is 0 Å². The topological polar surface area (TPSA) is 0 Å². The normalized spacial score (nSPS) is 18.3. The fraction of sp³-hybridized carbons (Fsp3) is 0.304. The summed E-state index contributed by atoms with van der Waals surface area (Å²) in [6.45, 7) is 0. The Balaban J connectivity index is 1.42. The monoisotopic (exact) mass is 302 g/mol. The highest BCUT2D eigenvalue weighted by Gasteiger charge is 2.17. The Morgan fingerprint density at radius 2 is 1.48 bits per heavy atom. The molecule has 1 fully saturated rings. The van der Waals surface area contributed by atoms with E-state index < -0.39 is 0 Å². The van der Waals surface area contributed by atoms with Gasteiger partial charge in [-0.2, -0.15) is 0 Å². The minimum Gasteiger partial charge on any atom is -0.0842 e. The molecule has 0 aromatic heterocycles. The molecule has 0 saturated heterocycles. The van der Waals surface area contributed by atoms with Crippen molar-refractivity contribution in [2.45, 2.75) is 44.4 Å². The highest BCUT2D eigenvalue weighted by molar-refractivity contribution is 5.23. The largest absolute Gasteiger partial charge is 0.0842 e. The summed E-state index contributed by atoms with van der Waals surface area (Å²) >= 11 is 0. The average molecular weight is 302 g/mol. The molecule has 1 aliphatic rings. The van der Waals surface area contributed by atoms with Crippen LogP contribution in [0.3, 0.4) is 0 Å². The SMILES string of the molecule is C(/C=C/CCc1ccccc1)=C1CCC(c2ccccc2)CC1. The lowest BCUT2D eigenvalue weighted by molar-refractivity contribution is 0.517. The van der Waals surface area contributed by atoms with Crippen molar-refractivity contribution in [3.63, 3.8) is 0 Å². The minimum absolute atomic E-state index is 0.760. The van der Waals surface area contributed by atoms with Gasteiger partial charge in [0.05, 0.1) is 0 Å². The second kappa shape index (κ2) is 8.53. The van der Waals surface area contributed by atoms with Gasteiger partial charge in [0.15, 0.2) is 0 Å². The number of hydrogen-bond donors (Lipinski definition) is 0. The predicted octanol–water partition coefficient (Wildman–Crippen LogP) is 6.46. The van der Waals surface area contributed by atoms with Crippen LogP contribution in [-0.2, 0) is 6.42 Å². The molecule has 0 aliphatic heterocycles. The van der Waals surface area contributed by atoms with Crippen LogP contribution in [0.2, 0.25) is 0 Å². The summed E-state index contributed by atoms with van der Waals surface area (Å²) in [5.74, 6) is 0.760. The van der Waals surface area contributed by atoms with Crippen molar-refractivity contribution in [2.75, 3.05) is 0 Å². The molecule has 0 bridgehead atoms. The zero-order valence-electron chi connectivity index (χ0n) is 13.8. The maximum atomic E-state index is 2.35. The fourth-order valence-electron chi connectivity index (χ4n) is 3.41. The first-order chi connectivity index (χ1) is 11.4. The third-order valence-corrected chi connectivity index (χ3v) is 4.81. The first-order valence-corrected chi connectivity index (χ1v) is 8.85. The molecule has 0 unspecified atom stereocenters. The lowest BCUT2D eigenvalue weighted by Crippen LogP contribution is -2.06. The van der Waals surface area contributed by atoms with Crippen LogP contribution in [0, 0.1) is 0 Å². The number of hydrogen-bond acceptors (Lipinski definition) is 0. The third-order valence-electron chi connectivity index (χ3n) is 4.81. The summed E-state index contributed by atoms with van der Waals surface area (Å²) in [7, 11) is 0. The molecule has 0 atom stereocenters. The van der Waals surface area contributed by atoms with Crippen molar-refractivity contribution in [3.05, 3.63) is 95.6 Å². The van der Waals surface area contributed by atoms with Gasteiger partial charge in [0.1, 0.15) is 0 Å². The Labute approximate surface area is 140 Å². The molecule has 2 aromatic carbocycles. The molecule has 0 N–H and O–H groups in total.